The lowest BCUT2D eigenvalue weighted by Gasteiger charge is -2.15. The van der Waals surface area contributed by atoms with Crippen molar-refractivity contribution in [3.63, 3.8) is 0 Å². The van der Waals surface area contributed by atoms with Crippen LogP contribution in [0.25, 0.3) is 0 Å². The minimum Gasteiger partial charge on any atom is -0.490 e. The fourth-order valence-electron chi connectivity index (χ4n) is 1.95. The first-order valence-electron chi connectivity index (χ1n) is 6.52. The highest BCUT2D eigenvalue weighted by Crippen LogP contribution is 2.33. The van der Waals surface area contributed by atoms with Crippen molar-refractivity contribution >= 4 is 11.6 Å². The topological polar surface area (TPSA) is 18.5 Å². The largest absolute Gasteiger partial charge is 0.490 e. The van der Waals surface area contributed by atoms with Crippen molar-refractivity contribution in [2.45, 2.75) is 19.4 Å². The number of benzene rings is 2. The van der Waals surface area contributed by atoms with E-state index in [9.17, 15) is 8.78 Å². The van der Waals surface area contributed by atoms with Gasteiger partial charge in [-0.3, -0.25) is 0 Å². The van der Waals surface area contributed by atoms with Crippen molar-refractivity contribution in [2.24, 2.45) is 0 Å². The summed E-state index contributed by atoms with van der Waals surface area (Å²) >= 11 is 5.88. The number of para-hydroxylation sites is 1. The van der Waals surface area contributed by atoms with Gasteiger partial charge in [0.25, 0.3) is 0 Å². The van der Waals surface area contributed by atoms with Crippen LogP contribution in [0.1, 0.15) is 18.1 Å². The maximum atomic E-state index is 13.2. The van der Waals surface area contributed by atoms with Crippen LogP contribution in [-0.2, 0) is 12.5 Å². The molecule has 21 heavy (non-hydrogen) atoms. The zero-order valence-electron chi connectivity index (χ0n) is 11.5. The molecule has 0 bridgehead atoms. The third-order valence-corrected chi connectivity index (χ3v) is 3.10. The average Bonchev–Trinajstić information content (AvgIpc) is 2.45. The molecule has 0 saturated carbocycles. The maximum absolute atomic E-state index is 13.2. The molecular weight excluding hydrogens is 298 g/mol. The Morgan fingerprint density at radius 1 is 1.05 bits per heavy atom. The van der Waals surface area contributed by atoms with E-state index in [0.717, 1.165) is 11.6 Å². The predicted octanol–water partition coefficient (Wildman–Crippen LogP) is 4.68. The second-order valence-electron chi connectivity index (χ2n) is 4.38. The molecule has 0 aliphatic carbocycles. The van der Waals surface area contributed by atoms with Crippen molar-refractivity contribution in [3.8, 4) is 11.5 Å². The van der Waals surface area contributed by atoms with Gasteiger partial charge in [0, 0.05) is 11.6 Å². The van der Waals surface area contributed by atoms with Crippen LogP contribution in [-0.4, -0.2) is 6.61 Å². The molecule has 0 saturated heterocycles. The zero-order chi connectivity index (χ0) is 15.2. The summed E-state index contributed by atoms with van der Waals surface area (Å²) in [4.78, 5) is 0. The molecule has 0 aromatic heterocycles. The Kier molecular flexibility index (Phi) is 5.39. The summed E-state index contributed by atoms with van der Waals surface area (Å²) in [5, 5.41) is 0. The van der Waals surface area contributed by atoms with Crippen molar-refractivity contribution in [3.05, 3.63) is 59.2 Å². The SMILES string of the molecule is CCOc1cccc(CCl)c1OCc1cc(F)cc(F)c1. The van der Waals surface area contributed by atoms with E-state index in [4.69, 9.17) is 21.1 Å². The van der Waals surface area contributed by atoms with Gasteiger partial charge in [-0.25, -0.2) is 8.78 Å². The van der Waals surface area contributed by atoms with Gasteiger partial charge in [-0.15, -0.1) is 11.6 Å². The number of hydrogen-bond donors (Lipinski definition) is 0. The normalized spacial score (nSPS) is 10.5. The van der Waals surface area contributed by atoms with E-state index in [1.165, 1.54) is 12.1 Å². The molecule has 0 spiro atoms. The van der Waals surface area contributed by atoms with Gasteiger partial charge in [0.2, 0.25) is 0 Å². The van der Waals surface area contributed by atoms with Crippen molar-refractivity contribution < 1.29 is 18.3 Å². The molecule has 0 aliphatic rings. The molecule has 0 heterocycles. The summed E-state index contributed by atoms with van der Waals surface area (Å²) in [6.45, 7) is 2.37. The summed E-state index contributed by atoms with van der Waals surface area (Å²) < 4.78 is 37.5. The van der Waals surface area contributed by atoms with Gasteiger partial charge >= 0.3 is 0 Å². The summed E-state index contributed by atoms with van der Waals surface area (Å²) in [5.74, 6) is 0.0494. The van der Waals surface area contributed by atoms with Gasteiger partial charge in [-0.2, -0.15) is 0 Å². The molecule has 0 fully saturated rings. The van der Waals surface area contributed by atoms with E-state index in [0.29, 0.717) is 23.7 Å². The van der Waals surface area contributed by atoms with Gasteiger partial charge < -0.3 is 9.47 Å². The highest BCUT2D eigenvalue weighted by atomic mass is 35.5. The van der Waals surface area contributed by atoms with Gasteiger partial charge in [-0.1, -0.05) is 12.1 Å². The number of ether oxygens (including phenoxy) is 2. The molecule has 0 unspecified atom stereocenters. The number of halogens is 3. The molecule has 0 atom stereocenters. The van der Waals surface area contributed by atoms with Crippen LogP contribution in [0.5, 0.6) is 11.5 Å². The van der Waals surface area contributed by atoms with Gasteiger partial charge in [0.15, 0.2) is 11.5 Å². The summed E-state index contributed by atoms with van der Waals surface area (Å²) in [7, 11) is 0. The standard InChI is InChI=1S/C16H15ClF2O2/c1-2-20-15-5-3-4-12(9-17)16(15)21-10-11-6-13(18)8-14(19)7-11/h3-8H,2,9-10H2,1H3. The van der Waals surface area contributed by atoms with Crippen LogP contribution in [0.2, 0.25) is 0 Å². The molecule has 0 radical (unpaired) electrons. The van der Waals surface area contributed by atoms with E-state index in [1.54, 1.807) is 6.07 Å². The molecule has 2 aromatic rings. The minimum absolute atomic E-state index is 0.0304. The van der Waals surface area contributed by atoms with Crippen molar-refractivity contribution in [1.29, 1.82) is 0 Å². The molecule has 0 aliphatic heterocycles. The average molecular weight is 313 g/mol. The maximum Gasteiger partial charge on any atom is 0.166 e. The highest BCUT2D eigenvalue weighted by Gasteiger charge is 2.11. The van der Waals surface area contributed by atoms with E-state index >= 15 is 0 Å². The first-order valence-corrected chi connectivity index (χ1v) is 7.06. The monoisotopic (exact) mass is 312 g/mol. The van der Waals surface area contributed by atoms with E-state index in [-0.39, 0.29) is 12.5 Å². The molecular formula is C16H15ClF2O2. The van der Waals surface area contributed by atoms with E-state index in [2.05, 4.69) is 0 Å². The van der Waals surface area contributed by atoms with Gasteiger partial charge in [-0.05, 0) is 30.7 Å². The molecule has 0 amide bonds. The summed E-state index contributed by atoms with van der Waals surface area (Å²) in [6, 6.07) is 8.68. The summed E-state index contributed by atoms with van der Waals surface area (Å²) in [6.07, 6.45) is 0. The second kappa shape index (κ2) is 7.27. The number of alkyl halides is 1. The van der Waals surface area contributed by atoms with Crippen LogP contribution < -0.4 is 9.47 Å². The highest BCUT2D eigenvalue weighted by molar-refractivity contribution is 6.17. The first-order chi connectivity index (χ1) is 10.1. The van der Waals surface area contributed by atoms with Crippen LogP contribution in [0.4, 0.5) is 8.78 Å². The Bertz CT molecular complexity index is 597. The Morgan fingerprint density at radius 2 is 1.76 bits per heavy atom. The molecule has 112 valence electrons. The minimum atomic E-state index is -0.635. The molecule has 2 rings (SSSR count). The number of hydrogen-bond acceptors (Lipinski definition) is 2. The van der Waals surface area contributed by atoms with Crippen LogP contribution in [0.15, 0.2) is 36.4 Å². The fraction of sp³-hybridized carbons (Fsp3) is 0.250. The van der Waals surface area contributed by atoms with E-state index < -0.39 is 11.6 Å². The fourth-order valence-corrected chi connectivity index (χ4v) is 2.16. The lowest BCUT2D eigenvalue weighted by Crippen LogP contribution is -2.02. The molecule has 5 heteroatoms. The first kappa shape index (κ1) is 15.6. The van der Waals surface area contributed by atoms with Crippen LogP contribution >= 0.6 is 11.6 Å². The zero-order valence-corrected chi connectivity index (χ0v) is 12.3. The Morgan fingerprint density at radius 3 is 2.38 bits per heavy atom. The molecule has 0 N–H and O–H groups in total. The molecule has 2 aromatic carbocycles. The van der Waals surface area contributed by atoms with E-state index in [1.807, 2.05) is 19.1 Å². The lowest BCUT2D eigenvalue weighted by molar-refractivity contribution is 0.266. The molecule has 2 nitrogen and oxygen atoms in total. The van der Waals surface area contributed by atoms with Crippen LogP contribution in [0, 0.1) is 11.6 Å². The number of rotatable bonds is 6. The third-order valence-electron chi connectivity index (χ3n) is 2.81. The third kappa shape index (κ3) is 4.08. The summed E-state index contributed by atoms with van der Waals surface area (Å²) in [5.41, 5.74) is 1.17. The predicted molar refractivity (Wildman–Crippen MR) is 77.9 cm³/mol. The Hall–Kier alpha value is -1.81. The Labute approximate surface area is 127 Å². The Balaban J connectivity index is 2.22. The lowest BCUT2D eigenvalue weighted by atomic mass is 10.2. The van der Waals surface area contributed by atoms with Gasteiger partial charge in [0.05, 0.1) is 12.5 Å². The van der Waals surface area contributed by atoms with Crippen LogP contribution in [0.3, 0.4) is 0 Å². The van der Waals surface area contributed by atoms with Gasteiger partial charge in [0.1, 0.15) is 18.2 Å². The second-order valence-corrected chi connectivity index (χ2v) is 4.64. The van der Waals surface area contributed by atoms with Crippen molar-refractivity contribution in [2.75, 3.05) is 6.61 Å². The van der Waals surface area contributed by atoms with Crippen molar-refractivity contribution in [1.82, 2.24) is 0 Å². The smallest absolute Gasteiger partial charge is 0.166 e. The quantitative estimate of drug-likeness (QED) is 0.721.